The second-order valence-corrected chi connectivity index (χ2v) is 7.99. The summed E-state index contributed by atoms with van der Waals surface area (Å²) in [6.07, 6.45) is 10.1. The number of allylic oxidation sites excluding steroid dienone is 2. The van der Waals surface area contributed by atoms with Gasteiger partial charge in [-0.1, -0.05) is 49.8 Å². The monoisotopic (exact) mass is 374 g/mol. The lowest BCUT2D eigenvalue weighted by Gasteiger charge is -2.07. The van der Waals surface area contributed by atoms with Crippen LogP contribution >= 0.6 is 0 Å². The maximum Gasteiger partial charge on any atom is 0.216 e. The van der Waals surface area contributed by atoms with E-state index in [0.717, 1.165) is 33.6 Å². The van der Waals surface area contributed by atoms with E-state index in [0.29, 0.717) is 0 Å². The van der Waals surface area contributed by atoms with Crippen LogP contribution in [0.1, 0.15) is 49.8 Å². The van der Waals surface area contributed by atoms with Crippen LogP contribution in [-0.2, 0) is 7.05 Å². The second-order valence-electron chi connectivity index (χ2n) is 7.99. The van der Waals surface area contributed by atoms with Crippen LogP contribution in [-0.4, -0.2) is 0 Å². The highest BCUT2D eigenvalue weighted by Gasteiger charge is 2.20. The third-order valence-corrected chi connectivity index (χ3v) is 5.64. The molecule has 0 N–H and O–H groups in total. The second kappa shape index (κ2) is 8.18. The molecule has 0 amide bonds. The Morgan fingerprint density at radius 1 is 1.14 bits per heavy atom. The zero-order chi connectivity index (χ0) is 20.4. The molecule has 3 rings (SSSR count). The van der Waals surface area contributed by atoms with Gasteiger partial charge in [-0.05, 0) is 51.7 Å². The Balaban J connectivity index is 2.24. The molecule has 2 nitrogen and oxygen atoms in total. The van der Waals surface area contributed by atoms with E-state index in [1.54, 1.807) is 0 Å². The van der Waals surface area contributed by atoms with Crippen LogP contribution < -0.4 is 15.2 Å². The largest absolute Gasteiger partial charge is 0.456 e. The van der Waals surface area contributed by atoms with Gasteiger partial charge in [0.05, 0.1) is 5.56 Å². The van der Waals surface area contributed by atoms with Crippen LogP contribution in [0.3, 0.4) is 0 Å². The molecule has 0 bridgehead atoms. The Labute approximate surface area is 168 Å². The number of furan rings is 1. The maximum absolute atomic E-state index is 6.22. The van der Waals surface area contributed by atoms with Crippen molar-refractivity contribution in [2.24, 2.45) is 7.05 Å². The fourth-order valence-corrected chi connectivity index (χ4v) is 3.72. The molecular formula is C26H32NO+. The Morgan fingerprint density at radius 3 is 2.61 bits per heavy atom. The molecule has 0 saturated carbocycles. The van der Waals surface area contributed by atoms with Gasteiger partial charge in [0, 0.05) is 22.2 Å². The number of nitrogens with zero attached hydrogens (tertiary/aromatic N) is 1. The van der Waals surface area contributed by atoms with Crippen molar-refractivity contribution in [1.82, 2.24) is 0 Å². The topological polar surface area (TPSA) is 17.0 Å². The van der Waals surface area contributed by atoms with E-state index in [1.807, 2.05) is 0 Å². The summed E-state index contributed by atoms with van der Waals surface area (Å²) in [7, 11) is 2.10. The molecule has 0 spiro atoms. The summed E-state index contributed by atoms with van der Waals surface area (Å²) in [4.78, 5) is 0. The van der Waals surface area contributed by atoms with E-state index in [9.17, 15) is 0 Å². The molecule has 2 aromatic heterocycles. The quantitative estimate of drug-likeness (QED) is 0.563. The molecular weight excluding hydrogens is 342 g/mol. The van der Waals surface area contributed by atoms with Crippen LogP contribution in [0.25, 0.3) is 34.9 Å². The van der Waals surface area contributed by atoms with E-state index < -0.39 is 0 Å². The smallest absolute Gasteiger partial charge is 0.216 e. The minimum atomic E-state index is 0.730. The molecule has 0 aliphatic rings. The molecule has 3 aromatic rings. The Bertz CT molecular complexity index is 1160. The summed E-state index contributed by atoms with van der Waals surface area (Å²) in [5.41, 5.74) is 9.15. The van der Waals surface area contributed by atoms with Crippen molar-refractivity contribution in [1.29, 1.82) is 0 Å². The zero-order valence-corrected chi connectivity index (χ0v) is 18.1. The number of hydrogen-bond donors (Lipinski definition) is 0. The third-order valence-electron chi connectivity index (χ3n) is 5.64. The van der Waals surface area contributed by atoms with E-state index in [2.05, 4.69) is 89.4 Å². The number of hydrogen-bond acceptors (Lipinski definition) is 1. The Kier molecular flexibility index (Phi) is 5.88. The molecule has 146 valence electrons. The third kappa shape index (κ3) is 3.82. The fraction of sp³-hybridized carbons (Fsp3) is 0.346. The van der Waals surface area contributed by atoms with E-state index >= 15 is 0 Å². The van der Waals surface area contributed by atoms with Gasteiger partial charge in [-0.15, -0.1) is 0 Å². The number of aromatic nitrogens is 1. The van der Waals surface area contributed by atoms with Crippen molar-refractivity contribution in [3.8, 4) is 11.3 Å². The molecule has 0 aliphatic carbocycles. The van der Waals surface area contributed by atoms with E-state index in [-0.39, 0.29) is 0 Å². The lowest BCUT2D eigenvalue weighted by Crippen LogP contribution is -2.31. The number of fused-ring (bicyclic) bond motifs is 1. The highest BCUT2D eigenvalue weighted by Crippen LogP contribution is 2.29. The van der Waals surface area contributed by atoms with Crippen molar-refractivity contribution >= 4 is 23.6 Å². The SMILES string of the molecule is C=c1oc2c(-c3cc(C)c(C)c[n+]3C)c(C)ccc2c1=CC=C(C)CCCC. The summed E-state index contributed by atoms with van der Waals surface area (Å²) in [6.45, 7) is 15.1. The molecule has 0 unspecified atom stereocenters. The fourth-order valence-electron chi connectivity index (χ4n) is 3.72. The first-order valence-corrected chi connectivity index (χ1v) is 10.2. The lowest BCUT2D eigenvalue weighted by molar-refractivity contribution is -0.660. The minimum Gasteiger partial charge on any atom is -0.456 e. The summed E-state index contributed by atoms with van der Waals surface area (Å²) in [6, 6.07) is 6.60. The number of pyridine rings is 1. The highest BCUT2D eigenvalue weighted by atomic mass is 16.3. The van der Waals surface area contributed by atoms with Crippen LogP contribution in [0.15, 0.2) is 40.5 Å². The van der Waals surface area contributed by atoms with Gasteiger partial charge < -0.3 is 4.42 Å². The first-order valence-electron chi connectivity index (χ1n) is 10.2. The van der Waals surface area contributed by atoms with Gasteiger partial charge in [-0.25, -0.2) is 4.57 Å². The van der Waals surface area contributed by atoms with Crippen LogP contribution in [0, 0.1) is 20.8 Å². The maximum atomic E-state index is 6.22. The van der Waals surface area contributed by atoms with Gasteiger partial charge >= 0.3 is 0 Å². The van der Waals surface area contributed by atoms with E-state index in [1.165, 1.54) is 40.8 Å². The average molecular weight is 375 g/mol. The first-order chi connectivity index (χ1) is 13.3. The molecule has 0 fully saturated rings. The predicted molar refractivity (Wildman–Crippen MR) is 120 cm³/mol. The van der Waals surface area contributed by atoms with Gasteiger partial charge in [0.25, 0.3) is 0 Å². The van der Waals surface area contributed by atoms with Gasteiger partial charge in [-0.3, -0.25) is 0 Å². The molecule has 1 aromatic carbocycles. The van der Waals surface area contributed by atoms with Gasteiger partial charge in [0.2, 0.25) is 5.69 Å². The van der Waals surface area contributed by atoms with Crippen molar-refractivity contribution in [3.05, 3.63) is 63.4 Å². The zero-order valence-electron chi connectivity index (χ0n) is 18.1. The van der Waals surface area contributed by atoms with Gasteiger partial charge in [-0.2, -0.15) is 0 Å². The standard InChI is InChI=1S/C26H32NO/c1-8-9-10-17(2)11-13-22-21(6)28-26-23(22)14-12-18(3)25(26)24-15-19(4)20(5)16-27(24)7/h11-16H,6,8-10H2,1-5,7H3/q+1. The summed E-state index contributed by atoms with van der Waals surface area (Å²) >= 11 is 0. The van der Waals surface area contributed by atoms with Crippen LogP contribution in [0.2, 0.25) is 0 Å². The Morgan fingerprint density at radius 2 is 1.89 bits per heavy atom. The first kappa shape index (κ1) is 20.1. The van der Waals surface area contributed by atoms with Crippen molar-refractivity contribution in [2.45, 2.75) is 53.9 Å². The highest BCUT2D eigenvalue weighted by molar-refractivity contribution is 5.93. The minimum absolute atomic E-state index is 0.730. The predicted octanol–water partition coefficient (Wildman–Crippen LogP) is 5.18. The molecule has 0 atom stereocenters. The van der Waals surface area contributed by atoms with E-state index in [4.69, 9.17) is 4.42 Å². The van der Waals surface area contributed by atoms with Crippen molar-refractivity contribution in [2.75, 3.05) is 0 Å². The summed E-state index contributed by atoms with van der Waals surface area (Å²) in [5, 5.41) is 2.21. The van der Waals surface area contributed by atoms with Crippen LogP contribution in [0.5, 0.6) is 0 Å². The van der Waals surface area contributed by atoms with Gasteiger partial charge in [0.1, 0.15) is 18.0 Å². The molecule has 0 saturated heterocycles. The normalized spacial score (nSPS) is 12.9. The number of rotatable bonds is 5. The van der Waals surface area contributed by atoms with Crippen LogP contribution in [0.4, 0.5) is 0 Å². The summed E-state index contributed by atoms with van der Waals surface area (Å²) < 4.78 is 8.41. The number of aryl methyl sites for hydroxylation is 4. The van der Waals surface area contributed by atoms with Gasteiger partial charge in [0.15, 0.2) is 6.20 Å². The molecule has 2 heterocycles. The number of benzene rings is 1. The molecule has 0 radical (unpaired) electrons. The van der Waals surface area contributed by atoms with Crippen molar-refractivity contribution in [3.63, 3.8) is 0 Å². The average Bonchev–Trinajstić information content (AvgIpc) is 2.97. The summed E-state index contributed by atoms with van der Waals surface area (Å²) in [5.74, 6) is 0. The Hall–Kier alpha value is -2.61. The molecule has 0 aliphatic heterocycles. The lowest BCUT2D eigenvalue weighted by atomic mass is 9.99. The van der Waals surface area contributed by atoms with Crippen molar-refractivity contribution < 1.29 is 8.98 Å². The molecule has 2 heteroatoms. The number of unbranched alkanes of at least 4 members (excludes halogenated alkanes) is 1. The molecule has 28 heavy (non-hydrogen) atoms.